The van der Waals surface area contributed by atoms with E-state index in [2.05, 4.69) is 21.2 Å². The predicted molar refractivity (Wildman–Crippen MR) is 80.3 cm³/mol. The number of hydrogen-bond donors (Lipinski definition) is 3. The summed E-state index contributed by atoms with van der Waals surface area (Å²) in [5, 5.41) is 2.44. The van der Waals surface area contributed by atoms with Crippen molar-refractivity contribution in [1.82, 2.24) is 15.6 Å². The summed E-state index contributed by atoms with van der Waals surface area (Å²) in [5.41, 5.74) is 1.87. The maximum Gasteiger partial charge on any atom is 0.324 e. The molecule has 0 heterocycles. The molecule has 1 aliphatic carbocycles. The molecule has 10 heteroatoms. The van der Waals surface area contributed by atoms with Gasteiger partial charge in [0.05, 0.1) is 16.5 Å². The van der Waals surface area contributed by atoms with E-state index in [1.807, 2.05) is 10.3 Å². The molecule has 0 atom stereocenters. The number of hydrazine groups is 1. The summed E-state index contributed by atoms with van der Waals surface area (Å²) in [6.07, 6.45) is 1.65. The fourth-order valence-corrected chi connectivity index (χ4v) is 3.08. The van der Waals surface area contributed by atoms with Crippen LogP contribution >= 0.6 is 15.9 Å². The van der Waals surface area contributed by atoms with Crippen LogP contribution in [0.3, 0.4) is 0 Å². The molecule has 0 unspecified atom stereocenters. The molecule has 1 aromatic carbocycles. The van der Waals surface area contributed by atoms with E-state index in [1.54, 1.807) is 0 Å². The van der Waals surface area contributed by atoms with Crippen LogP contribution in [0.4, 0.5) is 0 Å². The van der Waals surface area contributed by atoms with Crippen LogP contribution in [0.15, 0.2) is 27.6 Å². The average Bonchev–Trinajstić information content (AvgIpc) is 3.28. The summed E-state index contributed by atoms with van der Waals surface area (Å²) < 4.78 is 29.5. The molecule has 2 rings (SSSR count). The van der Waals surface area contributed by atoms with Crippen LogP contribution in [-0.2, 0) is 19.6 Å². The number of rotatable bonds is 5. The lowest BCUT2D eigenvalue weighted by Gasteiger charge is -2.10. The highest BCUT2D eigenvalue weighted by Crippen LogP contribution is 2.27. The number of carbonyl (C=O) groups excluding carboxylic acids is 2. The van der Waals surface area contributed by atoms with Crippen LogP contribution in [0.2, 0.25) is 0 Å². The summed E-state index contributed by atoms with van der Waals surface area (Å²) in [7, 11) is -2.55. The molecule has 0 bridgehead atoms. The fourth-order valence-electron chi connectivity index (χ4n) is 1.52. The molecule has 0 saturated heterocycles. The Balaban J connectivity index is 1.99. The van der Waals surface area contributed by atoms with E-state index in [0.717, 1.165) is 12.8 Å². The van der Waals surface area contributed by atoms with Crippen molar-refractivity contribution in [2.45, 2.75) is 23.8 Å². The second-order valence-electron chi connectivity index (χ2n) is 4.60. The molecular formula is C12H14BrN3O5S. The first kappa shape index (κ1) is 16.7. The molecule has 1 fully saturated rings. The Bertz CT molecular complexity index is 703. The third-order valence-electron chi connectivity index (χ3n) is 2.85. The largest absolute Gasteiger partial charge is 0.496 e. The van der Waals surface area contributed by atoms with Crippen LogP contribution in [0.1, 0.15) is 12.8 Å². The van der Waals surface area contributed by atoms with Gasteiger partial charge in [-0.3, -0.25) is 15.0 Å². The number of hydrogen-bond acceptors (Lipinski definition) is 5. The van der Waals surface area contributed by atoms with E-state index in [1.165, 1.54) is 25.3 Å². The SMILES string of the molecule is COc1ccc(S(=O)(=O)NNC(=O)C(=O)NC2CC2)cc1Br. The summed E-state index contributed by atoms with van der Waals surface area (Å²) in [4.78, 5) is 24.6. The van der Waals surface area contributed by atoms with Crippen molar-refractivity contribution in [2.24, 2.45) is 0 Å². The summed E-state index contributed by atoms with van der Waals surface area (Å²) in [6.45, 7) is 0. The number of carbonyl (C=O) groups is 2. The van der Waals surface area contributed by atoms with Crippen molar-refractivity contribution in [2.75, 3.05) is 7.11 Å². The third-order valence-corrected chi connectivity index (χ3v) is 4.72. The standard InChI is InChI=1S/C12H14BrN3O5S/c1-21-10-5-4-8(6-9(10)13)22(19,20)16-15-12(18)11(17)14-7-2-3-7/h4-7,16H,2-3H2,1H3,(H,14,17)(H,15,18). The maximum atomic E-state index is 12.0. The Kier molecular flexibility index (Phi) is 5.04. The second-order valence-corrected chi connectivity index (χ2v) is 7.14. The Morgan fingerprint density at radius 1 is 1.27 bits per heavy atom. The lowest BCUT2D eigenvalue weighted by Crippen LogP contribution is -2.48. The van der Waals surface area contributed by atoms with Gasteiger partial charge in [0.25, 0.3) is 10.0 Å². The zero-order valence-electron chi connectivity index (χ0n) is 11.6. The van der Waals surface area contributed by atoms with Crippen molar-refractivity contribution in [3.05, 3.63) is 22.7 Å². The molecule has 8 nitrogen and oxygen atoms in total. The molecular weight excluding hydrogens is 378 g/mol. The Morgan fingerprint density at radius 3 is 2.50 bits per heavy atom. The van der Waals surface area contributed by atoms with Crippen LogP contribution in [0.5, 0.6) is 5.75 Å². The van der Waals surface area contributed by atoms with Crippen molar-refractivity contribution >= 4 is 37.8 Å². The summed E-state index contributed by atoms with van der Waals surface area (Å²) >= 11 is 3.17. The number of nitrogens with one attached hydrogen (secondary N) is 3. The van der Waals surface area contributed by atoms with Crippen molar-refractivity contribution in [3.63, 3.8) is 0 Å². The summed E-state index contributed by atoms with van der Waals surface area (Å²) in [6, 6.07) is 4.09. The molecule has 0 spiro atoms. The van der Waals surface area contributed by atoms with E-state index in [9.17, 15) is 18.0 Å². The van der Waals surface area contributed by atoms with Crippen LogP contribution < -0.4 is 20.3 Å². The second kappa shape index (κ2) is 6.63. The molecule has 1 aliphatic rings. The Labute approximate surface area is 135 Å². The minimum Gasteiger partial charge on any atom is -0.496 e. The van der Waals surface area contributed by atoms with E-state index in [4.69, 9.17) is 4.74 Å². The van der Waals surface area contributed by atoms with Crippen molar-refractivity contribution in [1.29, 1.82) is 0 Å². The highest BCUT2D eigenvalue weighted by Gasteiger charge is 2.27. The number of sulfonamides is 1. The van der Waals surface area contributed by atoms with E-state index in [0.29, 0.717) is 10.2 Å². The minimum absolute atomic E-state index is 0.00685. The predicted octanol–water partition coefficient (Wildman–Crippen LogP) is 0.0458. The normalized spacial score (nSPS) is 14.3. The van der Waals surface area contributed by atoms with Gasteiger partial charge in [-0.15, -0.1) is 4.83 Å². The quantitative estimate of drug-likeness (QED) is 0.484. The van der Waals surface area contributed by atoms with Gasteiger partial charge in [-0.05, 0) is 47.0 Å². The van der Waals surface area contributed by atoms with Gasteiger partial charge in [0.1, 0.15) is 5.75 Å². The number of amides is 2. The van der Waals surface area contributed by atoms with E-state index in [-0.39, 0.29) is 10.9 Å². The smallest absolute Gasteiger partial charge is 0.324 e. The van der Waals surface area contributed by atoms with Crippen molar-refractivity contribution in [3.8, 4) is 5.75 Å². The average molecular weight is 392 g/mol. The Morgan fingerprint density at radius 2 is 1.95 bits per heavy atom. The molecule has 2 amide bonds. The first-order valence-corrected chi connectivity index (χ1v) is 8.57. The number of halogens is 1. The van der Waals surface area contributed by atoms with Crippen LogP contribution in [0.25, 0.3) is 0 Å². The maximum absolute atomic E-state index is 12.0. The fraction of sp³-hybridized carbons (Fsp3) is 0.333. The lowest BCUT2D eigenvalue weighted by molar-refractivity contribution is -0.139. The van der Waals surface area contributed by atoms with E-state index >= 15 is 0 Å². The molecule has 120 valence electrons. The van der Waals surface area contributed by atoms with Crippen LogP contribution in [-0.4, -0.2) is 33.4 Å². The van der Waals surface area contributed by atoms with E-state index < -0.39 is 21.8 Å². The van der Waals surface area contributed by atoms with Gasteiger partial charge in [-0.25, -0.2) is 8.42 Å². The van der Waals surface area contributed by atoms with Crippen molar-refractivity contribution < 1.29 is 22.7 Å². The van der Waals surface area contributed by atoms with Gasteiger partial charge in [-0.1, -0.05) is 0 Å². The third kappa shape index (κ3) is 4.18. The van der Waals surface area contributed by atoms with Gasteiger partial charge in [0, 0.05) is 6.04 Å². The van der Waals surface area contributed by atoms with Gasteiger partial charge in [-0.2, -0.15) is 0 Å². The zero-order valence-corrected chi connectivity index (χ0v) is 14.0. The Hall–Kier alpha value is -1.65. The van der Waals surface area contributed by atoms with Gasteiger partial charge in [0.15, 0.2) is 0 Å². The first-order chi connectivity index (χ1) is 10.3. The molecule has 1 aromatic rings. The first-order valence-electron chi connectivity index (χ1n) is 6.29. The monoisotopic (exact) mass is 391 g/mol. The highest BCUT2D eigenvalue weighted by atomic mass is 79.9. The molecule has 0 radical (unpaired) electrons. The minimum atomic E-state index is -4.00. The number of ether oxygens (including phenoxy) is 1. The molecule has 1 saturated carbocycles. The topological polar surface area (TPSA) is 114 Å². The van der Waals surface area contributed by atoms with Gasteiger partial charge >= 0.3 is 11.8 Å². The molecule has 0 aromatic heterocycles. The molecule has 3 N–H and O–H groups in total. The van der Waals surface area contributed by atoms with Crippen LogP contribution in [0, 0.1) is 0 Å². The number of methoxy groups -OCH3 is 1. The highest BCUT2D eigenvalue weighted by molar-refractivity contribution is 9.10. The molecule has 0 aliphatic heterocycles. The van der Waals surface area contributed by atoms with Gasteiger partial charge < -0.3 is 10.1 Å². The number of benzene rings is 1. The molecule has 22 heavy (non-hydrogen) atoms. The summed E-state index contributed by atoms with van der Waals surface area (Å²) in [5.74, 6) is -1.48. The van der Waals surface area contributed by atoms with Gasteiger partial charge in [0.2, 0.25) is 0 Å². The lowest BCUT2D eigenvalue weighted by atomic mass is 10.3. The zero-order chi connectivity index (χ0) is 16.3.